The maximum absolute atomic E-state index is 12.6. The first-order chi connectivity index (χ1) is 13.3. The van der Waals surface area contributed by atoms with Crippen molar-refractivity contribution in [2.24, 2.45) is 14.1 Å². The predicted octanol–water partition coefficient (Wildman–Crippen LogP) is 0.624. The Morgan fingerprint density at radius 2 is 1.71 bits per heavy atom. The molecule has 0 radical (unpaired) electrons. The topological polar surface area (TPSA) is 89.2 Å². The Hall–Kier alpha value is -3.26. The van der Waals surface area contributed by atoms with Crippen molar-refractivity contribution < 1.29 is 4.79 Å². The minimum atomic E-state index is -0.486. The third-order valence-electron chi connectivity index (χ3n) is 4.58. The van der Waals surface area contributed by atoms with E-state index in [9.17, 15) is 14.4 Å². The fourth-order valence-corrected chi connectivity index (χ4v) is 3.07. The van der Waals surface area contributed by atoms with Crippen molar-refractivity contribution in [3.63, 3.8) is 0 Å². The van der Waals surface area contributed by atoms with E-state index in [1.807, 2.05) is 38.4 Å². The van der Waals surface area contributed by atoms with E-state index in [1.54, 1.807) is 0 Å². The number of benzene rings is 1. The van der Waals surface area contributed by atoms with Crippen LogP contribution in [0.5, 0.6) is 0 Å². The van der Waals surface area contributed by atoms with E-state index in [1.165, 1.54) is 30.8 Å². The summed E-state index contributed by atoms with van der Waals surface area (Å²) in [5.41, 5.74) is 1.57. The first kappa shape index (κ1) is 19.5. The van der Waals surface area contributed by atoms with E-state index < -0.39 is 11.2 Å². The quantitative estimate of drug-likeness (QED) is 0.700. The van der Waals surface area contributed by atoms with Gasteiger partial charge in [0.25, 0.3) is 11.5 Å². The molecule has 28 heavy (non-hydrogen) atoms. The Labute approximate surface area is 162 Å². The van der Waals surface area contributed by atoms with Gasteiger partial charge in [-0.05, 0) is 37.4 Å². The van der Waals surface area contributed by atoms with Gasteiger partial charge in [-0.1, -0.05) is 24.3 Å². The lowest BCUT2D eigenvalue weighted by molar-refractivity contribution is 0.0946. The molecule has 0 saturated heterocycles. The van der Waals surface area contributed by atoms with Crippen LogP contribution in [0, 0.1) is 0 Å². The van der Waals surface area contributed by atoms with Gasteiger partial charge in [0.05, 0.1) is 5.39 Å². The van der Waals surface area contributed by atoms with Crippen LogP contribution in [0.2, 0.25) is 0 Å². The van der Waals surface area contributed by atoms with Crippen LogP contribution in [0.15, 0.2) is 46.0 Å². The molecule has 3 rings (SSSR count). The summed E-state index contributed by atoms with van der Waals surface area (Å²) in [6, 6.07) is 10.9. The summed E-state index contributed by atoms with van der Waals surface area (Å²) in [4.78, 5) is 43.2. The lowest BCUT2D eigenvalue weighted by Gasteiger charge is -2.14. The average molecular weight is 381 g/mol. The Morgan fingerprint density at radius 1 is 1.04 bits per heavy atom. The van der Waals surface area contributed by atoms with E-state index in [0.717, 1.165) is 22.2 Å². The molecule has 0 fully saturated rings. The summed E-state index contributed by atoms with van der Waals surface area (Å²) in [6.45, 7) is 1.13. The van der Waals surface area contributed by atoms with Gasteiger partial charge in [0.15, 0.2) is 0 Å². The highest BCUT2D eigenvalue weighted by Crippen LogP contribution is 2.11. The second-order valence-corrected chi connectivity index (χ2v) is 6.96. The molecule has 0 bridgehead atoms. The summed E-state index contributed by atoms with van der Waals surface area (Å²) < 4.78 is 2.28. The molecular weight excluding hydrogens is 358 g/mol. The second-order valence-electron chi connectivity index (χ2n) is 6.96. The van der Waals surface area contributed by atoms with Gasteiger partial charge < -0.3 is 10.2 Å². The fourth-order valence-electron chi connectivity index (χ4n) is 3.07. The van der Waals surface area contributed by atoms with E-state index >= 15 is 0 Å². The molecule has 1 amide bonds. The molecule has 0 unspecified atom stereocenters. The number of hydrogen-bond acceptors (Lipinski definition) is 5. The SMILES string of the molecule is CN(C)Cc1ccccc1CNC(=O)c1ccc2c(=O)n(C)c(=O)n(C)c2n1. The molecule has 8 heteroatoms. The van der Waals surface area contributed by atoms with Gasteiger partial charge >= 0.3 is 5.69 Å². The van der Waals surface area contributed by atoms with Crippen molar-refractivity contribution in [1.82, 2.24) is 24.3 Å². The number of fused-ring (bicyclic) bond motifs is 1. The lowest BCUT2D eigenvalue weighted by Crippen LogP contribution is -2.37. The molecule has 0 saturated carbocycles. The minimum Gasteiger partial charge on any atom is -0.347 e. The minimum absolute atomic E-state index is 0.154. The van der Waals surface area contributed by atoms with Gasteiger partial charge in [-0.25, -0.2) is 9.78 Å². The van der Waals surface area contributed by atoms with Gasteiger partial charge in [-0.2, -0.15) is 0 Å². The molecule has 2 heterocycles. The first-order valence-corrected chi connectivity index (χ1v) is 8.86. The van der Waals surface area contributed by atoms with Crippen LogP contribution < -0.4 is 16.6 Å². The highest BCUT2D eigenvalue weighted by atomic mass is 16.2. The van der Waals surface area contributed by atoms with Gasteiger partial charge in [-0.15, -0.1) is 0 Å². The fraction of sp³-hybridized carbons (Fsp3) is 0.300. The number of hydrogen-bond donors (Lipinski definition) is 1. The molecule has 0 aliphatic heterocycles. The summed E-state index contributed by atoms with van der Waals surface area (Å²) in [7, 11) is 6.91. The maximum Gasteiger partial charge on any atom is 0.332 e. The standard InChI is InChI=1S/C20H23N5O3/c1-23(2)12-14-8-6-5-7-13(14)11-21-18(26)16-10-9-15-17(22-16)24(3)20(28)25(4)19(15)27/h5-10H,11-12H2,1-4H3,(H,21,26). The number of amides is 1. The van der Waals surface area contributed by atoms with Crippen LogP contribution in [0.25, 0.3) is 11.0 Å². The molecule has 8 nitrogen and oxygen atoms in total. The summed E-state index contributed by atoms with van der Waals surface area (Å²) >= 11 is 0. The Kier molecular flexibility index (Phi) is 5.41. The molecule has 3 aromatic rings. The number of nitrogens with one attached hydrogen (secondary N) is 1. The monoisotopic (exact) mass is 381 g/mol. The third-order valence-corrected chi connectivity index (χ3v) is 4.58. The number of aromatic nitrogens is 3. The molecule has 0 spiro atoms. The molecule has 146 valence electrons. The number of aryl methyl sites for hydroxylation is 1. The van der Waals surface area contributed by atoms with Crippen LogP contribution in [0.1, 0.15) is 21.6 Å². The molecular formula is C20H23N5O3. The number of carbonyl (C=O) groups is 1. The highest BCUT2D eigenvalue weighted by molar-refractivity contribution is 5.94. The van der Waals surface area contributed by atoms with Gasteiger partial charge in [0, 0.05) is 27.2 Å². The smallest absolute Gasteiger partial charge is 0.332 e. The Balaban J connectivity index is 1.87. The van der Waals surface area contributed by atoms with E-state index in [2.05, 4.69) is 15.2 Å². The normalized spacial score (nSPS) is 11.2. The van der Waals surface area contributed by atoms with Gasteiger partial charge in [0.1, 0.15) is 11.3 Å². The van der Waals surface area contributed by atoms with Crippen molar-refractivity contribution in [2.45, 2.75) is 13.1 Å². The lowest BCUT2D eigenvalue weighted by atomic mass is 10.1. The van der Waals surface area contributed by atoms with Crippen molar-refractivity contribution in [1.29, 1.82) is 0 Å². The summed E-state index contributed by atoms with van der Waals surface area (Å²) in [5, 5.41) is 3.15. The molecule has 2 aromatic heterocycles. The van der Waals surface area contributed by atoms with E-state index in [0.29, 0.717) is 6.54 Å². The van der Waals surface area contributed by atoms with Crippen LogP contribution >= 0.6 is 0 Å². The number of carbonyl (C=O) groups excluding carboxylic acids is 1. The van der Waals surface area contributed by atoms with Crippen molar-refractivity contribution in [3.8, 4) is 0 Å². The second kappa shape index (κ2) is 7.77. The van der Waals surface area contributed by atoms with Crippen molar-refractivity contribution >= 4 is 16.9 Å². The number of nitrogens with zero attached hydrogens (tertiary/aromatic N) is 4. The Morgan fingerprint density at radius 3 is 2.39 bits per heavy atom. The summed E-state index contributed by atoms with van der Waals surface area (Å²) in [5.74, 6) is -0.366. The molecule has 1 N–H and O–H groups in total. The van der Waals surface area contributed by atoms with Crippen molar-refractivity contribution in [3.05, 3.63) is 74.1 Å². The third kappa shape index (κ3) is 3.72. The maximum atomic E-state index is 12.6. The van der Waals surface area contributed by atoms with Crippen molar-refractivity contribution in [2.75, 3.05) is 14.1 Å². The molecule has 0 aliphatic carbocycles. The van der Waals surface area contributed by atoms with E-state index in [4.69, 9.17) is 0 Å². The zero-order valence-corrected chi connectivity index (χ0v) is 16.4. The largest absolute Gasteiger partial charge is 0.347 e. The zero-order chi connectivity index (χ0) is 20.4. The highest BCUT2D eigenvalue weighted by Gasteiger charge is 2.14. The van der Waals surface area contributed by atoms with Crippen LogP contribution in [0.4, 0.5) is 0 Å². The molecule has 0 aliphatic rings. The van der Waals surface area contributed by atoms with Crippen LogP contribution in [-0.4, -0.2) is 39.0 Å². The molecule has 1 aromatic carbocycles. The number of pyridine rings is 1. The van der Waals surface area contributed by atoms with Gasteiger partial charge in [0.2, 0.25) is 0 Å². The predicted molar refractivity (Wildman–Crippen MR) is 107 cm³/mol. The van der Waals surface area contributed by atoms with E-state index in [-0.39, 0.29) is 22.6 Å². The Bertz CT molecular complexity index is 1160. The average Bonchev–Trinajstić information content (AvgIpc) is 2.69. The summed E-state index contributed by atoms with van der Waals surface area (Å²) in [6.07, 6.45) is 0. The van der Waals surface area contributed by atoms with Gasteiger partial charge in [-0.3, -0.25) is 18.7 Å². The molecule has 0 atom stereocenters. The first-order valence-electron chi connectivity index (χ1n) is 8.86. The zero-order valence-electron chi connectivity index (χ0n) is 16.4. The van der Waals surface area contributed by atoms with Crippen LogP contribution in [0.3, 0.4) is 0 Å². The van der Waals surface area contributed by atoms with Crippen LogP contribution in [-0.2, 0) is 27.2 Å². The number of rotatable bonds is 5.